The van der Waals surface area contributed by atoms with E-state index in [1.165, 1.54) is 36.0 Å². The molecule has 2 saturated heterocycles. The van der Waals surface area contributed by atoms with Crippen LogP contribution in [0.5, 0.6) is 5.75 Å². The first-order chi connectivity index (χ1) is 23.6. The molecule has 49 heavy (non-hydrogen) atoms. The Morgan fingerprint density at radius 2 is 1.69 bits per heavy atom. The molecular formula is C37H42FN5O6. The Morgan fingerprint density at radius 1 is 0.939 bits per heavy atom. The van der Waals surface area contributed by atoms with Gasteiger partial charge in [-0.2, -0.15) is 0 Å². The summed E-state index contributed by atoms with van der Waals surface area (Å²) in [5.41, 5.74) is 0.808. The Labute approximate surface area is 284 Å². The van der Waals surface area contributed by atoms with Crippen molar-refractivity contribution in [3.05, 3.63) is 77.6 Å². The lowest BCUT2D eigenvalue weighted by Crippen LogP contribution is -2.49. The molecule has 0 unspecified atom stereocenters. The third-order valence-corrected chi connectivity index (χ3v) is 9.80. The zero-order valence-electron chi connectivity index (χ0n) is 27.9. The van der Waals surface area contributed by atoms with Crippen molar-refractivity contribution in [3.8, 4) is 5.75 Å². The Hall–Kier alpha value is -5.00. The molecule has 3 aliphatic heterocycles. The van der Waals surface area contributed by atoms with Gasteiger partial charge in [-0.1, -0.05) is 42.5 Å². The van der Waals surface area contributed by atoms with Gasteiger partial charge in [0.25, 0.3) is 5.91 Å². The molecule has 6 rings (SSSR count). The van der Waals surface area contributed by atoms with E-state index in [1.54, 1.807) is 9.80 Å². The molecule has 3 atom stereocenters. The molecule has 0 spiro atoms. The number of carbonyl (C=O) groups is 5. The monoisotopic (exact) mass is 671 g/mol. The molecule has 258 valence electrons. The Balaban J connectivity index is 1.22. The fourth-order valence-electron chi connectivity index (χ4n) is 7.07. The van der Waals surface area contributed by atoms with Crippen LogP contribution in [0.3, 0.4) is 0 Å². The van der Waals surface area contributed by atoms with Crippen molar-refractivity contribution in [2.45, 2.75) is 56.7 Å². The normalized spacial score (nSPS) is 22.3. The minimum Gasteiger partial charge on any atom is -0.491 e. The van der Waals surface area contributed by atoms with Crippen molar-refractivity contribution in [2.75, 3.05) is 46.9 Å². The van der Waals surface area contributed by atoms with Crippen molar-refractivity contribution in [3.63, 3.8) is 0 Å². The fraction of sp³-hybridized carbons (Fsp3) is 0.432. The first-order valence-corrected chi connectivity index (χ1v) is 16.9. The van der Waals surface area contributed by atoms with Gasteiger partial charge >= 0.3 is 0 Å². The third kappa shape index (κ3) is 7.68. The van der Waals surface area contributed by atoms with E-state index in [9.17, 15) is 28.4 Å². The molecule has 2 fully saturated rings. The van der Waals surface area contributed by atoms with Gasteiger partial charge < -0.3 is 29.7 Å². The van der Waals surface area contributed by atoms with Gasteiger partial charge in [0.2, 0.25) is 23.6 Å². The lowest BCUT2D eigenvalue weighted by molar-refractivity contribution is -0.141. The second-order valence-corrected chi connectivity index (χ2v) is 13.3. The molecule has 3 aromatic carbocycles. The van der Waals surface area contributed by atoms with E-state index in [0.29, 0.717) is 19.5 Å². The number of benzene rings is 3. The number of nitrogens with zero attached hydrogens (tertiary/aromatic N) is 4. The smallest absolute Gasteiger partial charge is 0.258 e. The largest absolute Gasteiger partial charge is 0.491 e. The number of rotatable bonds is 4. The SMILES string of the molecule is CN1CC(=O)N2C[C@H](NC(=O)Cc3ccc4ccccc4c3)C[C@H]2COc2ccc(F)cc2C(=O)N(C)[C@H](C(=O)N2CCCC2)CCC1=O. The standard InChI is InChI=1S/C37H42FN5O6/c1-40-22-35(46)43-21-28(39-33(44)18-24-9-10-25-7-3-4-8-26(25)17-24)20-29(43)23-49-32-13-11-27(38)19-30(32)36(47)41(2)31(12-14-34(40)45)37(48)42-15-5-6-16-42/h3-4,7-11,13,17,19,28-29,31H,5-6,12,14-16,18,20-23H2,1-2H3,(H,39,44)/t28-,29+,31+/m1/s1. The molecule has 0 radical (unpaired) electrons. The van der Waals surface area contributed by atoms with E-state index in [1.807, 2.05) is 42.5 Å². The average molecular weight is 672 g/mol. The highest BCUT2D eigenvalue weighted by Crippen LogP contribution is 2.27. The number of likely N-dealkylation sites (N-methyl/N-ethyl adjacent to an activating group) is 2. The highest BCUT2D eigenvalue weighted by atomic mass is 19.1. The molecule has 5 amide bonds. The van der Waals surface area contributed by atoms with Gasteiger partial charge in [-0.3, -0.25) is 24.0 Å². The number of carbonyl (C=O) groups excluding carboxylic acids is 5. The summed E-state index contributed by atoms with van der Waals surface area (Å²) in [5.74, 6) is -2.25. The number of hydrogen-bond donors (Lipinski definition) is 1. The molecule has 11 nitrogen and oxygen atoms in total. The van der Waals surface area contributed by atoms with Gasteiger partial charge in [0, 0.05) is 46.2 Å². The number of hydrogen-bond acceptors (Lipinski definition) is 6. The van der Waals surface area contributed by atoms with E-state index in [4.69, 9.17) is 4.74 Å². The second-order valence-electron chi connectivity index (χ2n) is 13.3. The van der Waals surface area contributed by atoms with Gasteiger partial charge in [-0.15, -0.1) is 0 Å². The highest BCUT2D eigenvalue weighted by Gasteiger charge is 2.39. The molecular weight excluding hydrogens is 629 g/mol. The molecule has 0 aliphatic carbocycles. The van der Waals surface area contributed by atoms with E-state index < -0.39 is 23.8 Å². The van der Waals surface area contributed by atoms with Gasteiger partial charge in [-0.05, 0) is 60.2 Å². The fourth-order valence-corrected chi connectivity index (χ4v) is 7.07. The van der Waals surface area contributed by atoms with Crippen LogP contribution < -0.4 is 10.1 Å². The van der Waals surface area contributed by atoms with E-state index in [-0.39, 0.29) is 79.9 Å². The van der Waals surface area contributed by atoms with Crippen LogP contribution in [0.1, 0.15) is 48.0 Å². The van der Waals surface area contributed by atoms with Crippen LogP contribution in [0, 0.1) is 5.82 Å². The number of ether oxygens (including phenoxy) is 1. The van der Waals surface area contributed by atoms with Crippen molar-refractivity contribution in [1.29, 1.82) is 0 Å². The molecule has 3 aromatic rings. The lowest BCUT2D eigenvalue weighted by atomic mass is 10.0. The maximum Gasteiger partial charge on any atom is 0.258 e. The van der Waals surface area contributed by atoms with Crippen LogP contribution in [0.25, 0.3) is 10.8 Å². The summed E-state index contributed by atoms with van der Waals surface area (Å²) in [6.07, 6.45) is 2.23. The quantitative estimate of drug-likeness (QED) is 0.456. The first kappa shape index (κ1) is 33.9. The van der Waals surface area contributed by atoms with Crippen LogP contribution in [-0.4, -0.2) is 114 Å². The van der Waals surface area contributed by atoms with Gasteiger partial charge in [-0.25, -0.2) is 4.39 Å². The van der Waals surface area contributed by atoms with Crippen molar-refractivity contribution in [2.24, 2.45) is 0 Å². The van der Waals surface area contributed by atoms with Gasteiger partial charge in [0.1, 0.15) is 24.2 Å². The molecule has 3 aliphatic rings. The topological polar surface area (TPSA) is 120 Å². The first-order valence-electron chi connectivity index (χ1n) is 16.9. The average Bonchev–Trinajstić information content (AvgIpc) is 3.77. The van der Waals surface area contributed by atoms with Gasteiger partial charge in [0.05, 0.1) is 24.6 Å². The number of likely N-dealkylation sites (tertiary alicyclic amines) is 1. The molecule has 0 saturated carbocycles. The van der Waals surface area contributed by atoms with Crippen molar-refractivity contribution in [1.82, 2.24) is 24.9 Å². The lowest BCUT2D eigenvalue weighted by Gasteiger charge is -2.31. The number of nitrogens with one attached hydrogen (secondary N) is 1. The van der Waals surface area contributed by atoms with E-state index in [0.717, 1.165) is 35.2 Å². The predicted molar refractivity (Wildman–Crippen MR) is 180 cm³/mol. The molecule has 12 heteroatoms. The number of fused-ring (bicyclic) bond motifs is 3. The van der Waals surface area contributed by atoms with E-state index in [2.05, 4.69) is 5.32 Å². The summed E-state index contributed by atoms with van der Waals surface area (Å²) in [7, 11) is 3.02. The van der Waals surface area contributed by atoms with Crippen LogP contribution in [-0.2, 0) is 25.6 Å². The van der Waals surface area contributed by atoms with Gasteiger partial charge in [0.15, 0.2) is 0 Å². The maximum absolute atomic E-state index is 14.6. The Bertz CT molecular complexity index is 1760. The number of amides is 5. The molecule has 0 bridgehead atoms. The zero-order chi connectivity index (χ0) is 34.7. The Morgan fingerprint density at radius 3 is 2.47 bits per heavy atom. The summed E-state index contributed by atoms with van der Waals surface area (Å²) in [6.45, 7) is 1.11. The third-order valence-electron chi connectivity index (χ3n) is 9.80. The van der Waals surface area contributed by atoms with Crippen LogP contribution in [0.4, 0.5) is 4.39 Å². The minimum atomic E-state index is -0.956. The van der Waals surface area contributed by atoms with Crippen molar-refractivity contribution < 1.29 is 33.1 Å². The predicted octanol–water partition coefficient (Wildman–Crippen LogP) is 3.00. The summed E-state index contributed by atoms with van der Waals surface area (Å²) in [4.78, 5) is 73.4. The van der Waals surface area contributed by atoms with Crippen LogP contribution in [0.2, 0.25) is 0 Å². The molecule has 3 heterocycles. The highest BCUT2D eigenvalue weighted by molar-refractivity contribution is 6.00. The molecule has 0 aromatic heterocycles. The summed E-state index contributed by atoms with van der Waals surface area (Å²) >= 11 is 0. The van der Waals surface area contributed by atoms with E-state index >= 15 is 0 Å². The maximum atomic E-state index is 14.6. The Kier molecular flexibility index (Phi) is 10.1. The number of halogens is 1. The zero-order valence-corrected chi connectivity index (χ0v) is 27.9. The summed E-state index contributed by atoms with van der Waals surface area (Å²) in [5, 5.41) is 5.19. The summed E-state index contributed by atoms with van der Waals surface area (Å²) < 4.78 is 20.7. The van der Waals surface area contributed by atoms with Crippen molar-refractivity contribution >= 4 is 40.3 Å². The molecule has 1 N–H and O–H groups in total. The minimum absolute atomic E-state index is 0.0355. The van der Waals surface area contributed by atoms with Crippen LogP contribution in [0.15, 0.2) is 60.7 Å². The second kappa shape index (κ2) is 14.6. The summed E-state index contributed by atoms with van der Waals surface area (Å²) in [6, 6.07) is 15.6. The van der Waals surface area contributed by atoms with Crippen LogP contribution >= 0.6 is 0 Å².